The van der Waals surface area contributed by atoms with Crippen molar-refractivity contribution in [2.45, 2.75) is 65.3 Å². The van der Waals surface area contributed by atoms with Crippen LogP contribution in [0.1, 0.15) is 47.0 Å². The molecule has 0 aliphatic carbocycles. The molecule has 1 amide bonds. The lowest BCUT2D eigenvalue weighted by molar-refractivity contribution is -0.132. The molecule has 0 aromatic carbocycles. The Labute approximate surface area is 116 Å². The Balaban J connectivity index is 2.03. The number of nitrogens with one attached hydrogen (secondary N) is 1. The normalized spacial score (nSPS) is 32.0. The molecule has 2 aliphatic heterocycles. The molecule has 2 fully saturated rings. The zero-order valence-electron chi connectivity index (χ0n) is 12.7. The molecule has 0 radical (unpaired) electrons. The summed E-state index contributed by atoms with van der Waals surface area (Å²) < 4.78 is 5.69. The standard InChI is InChI=1S/C15H28N2O2/c1-10(2)8-13-16-14(11(3)4)15(18)17(13)9-12-6-5-7-19-12/h10-14,16H,5-9H2,1-4H3. The molecule has 2 saturated heterocycles. The molecule has 3 atom stereocenters. The summed E-state index contributed by atoms with van der Waals surface area (Å²) in [6.07, 6.45) is 3.66. The van der Waals surface area contributed by atoms with Gasteiger partial charge >= 0.3 is 0 Å². The molecule has 0 spiro atoms. The zero-order chi connectivity index (χ0) is 14.0. The van der Waals surface area contributed by atoms with Crippen LogP contribution >= 0.6 is 0 Å². The number of carbonyl (C=O) groups is 1. The van der Waals surface area contributed by atoms with Gasteiger partial charge in [-0.3, -0.25) is 10.1 Å². The molecule has 3 unspecified atom stereocenters. The summed E-state index contributed by atoms with van der Waals surface area (Å²) in [4.78, 5) is 14.6. The molecule has 0 aromatic heterocycles. The van der Waals surface area contributed by atoms with E-state index in [1.54, 1.807) is 0 Å². The Hall–Kier alpha value is -0.610. The third-order valence-electron chi connectivity index (χ3n) is 4.08. The minimum atomic E-state index is -0.0230. The summed E-state index contributed by atoms with van der Waals surface area (Å²) in [6, 6.07) is -0.0230. The summed E-state index contributed by atoms with van der Waals surface area (Å²) in [5.74, 6) is 1.19. The molecule has 110 valence electrons. The maximum absolute atomic E-state index is 12.5. The van der Waals surface area contributed by atoms with Crippen LogP contribution in [0.15, 0.2) is 0 Å². The second kappa shape index (κ2) is 6.23. The second-order valence-corrected chi connectivity index (χ2v) is 6.66. The fourth-order valence-corrected chi connectivity index (χ4v) is 3.05. The quantitative estimate of drug-likeness (QED) is 0.829. The van der Waals surface area contributed by atoms with Gasteiger partial charge in [0.05, 0.1) is 18.3 Å². The predicted octanol–water partition coefficient (Wildman–Crippen LogP) is 1.99. The third-order valence-corrected chi connectivity index (χ3v) is 4.08. The van der Waals surface area contributed by atoms with Gasteiger partial charge in [-0.2, -0.15) is 0 Å². The lowest BCUT2D eigenvalue weighted by atomic mass is 10.0. The molecule has 2 heterocycles. The topological polar surface area (TPSA) is 41.6 Å². The molecule has 19 heavy (non-hydrogen) atoms. The van der Waals surface area contributed by atoms with E-state index < -0.39 is 0 Å². The number of nitrogens with zero attached hydrogens (tertiary/aromatic N) is 1. The van der Waals surface area contributed by atoms with Crippen LogP contribution in [-0.2, 0) is 9.53 Å². The first-order valence-electron chi connectivity index (χ1n) is 7.67. The first-order valence-corrected chi connectivity index (χ1v) is 7.67. The summed E-state index contributed by atoms with van der Waals surface area (Å²) in [7, 11) is 0. The number of ether oxygens (including phenoxy) is 1. The predicted molar refractivity (Wildman–Crippen MR) is 75.7 cm³/mol. The highest BCUT2D eigenvalue weighted by atomic mass is 16.5. The van der Waals surface area contributed by atoms with Crippen molar-refractivity contribution in [2.24, 2.45) is 11.8 Å². The first-order chi connectivity index (χ1) is 8.99. The van der Waals surface area contributed by atoms with Gasteiger partial charge in [-0.05, 0) is 31.1 Å². The van der Waals surface area contributed by atoms with Crippen LogP contribution in [0.2, 0.25) is 0 Å². The van der Waals surface area contributed by atoms with Crippen molar-refractivity contribution in [1.29, 1.82) is 0 Å². The largest absolute Gasteiger partial charge is 0.376 e. The van der Waals surface area contributed by atoms with Crippen LogP contribution in [0.4, 0.5) is 0 Å². The Morgan fingerprint density at radius 2 is 2.11 bits per heavy atom. The van der Waals surface area contributed by atoms with Gasteiger partial charge in [0.15, 0.2) is 0 Å². The van der Waals surface area contributed by atoms with Crippen molar-refractivity contribution in [2.75, 3.05) is 13.2 Å². The number of hydrogen-bond donors (Lipinski definition) is 1. The lowest BCUT2D eigenvalue weighted by Gasteiger charge is -2.27. The average molecular weight is 268 g/mol. The van der Waals surface area contributed by atoms with Crippen LogP contribution in [0.3, 0.4) is 0 Å². The Morgan fingerprint density at radius 3 is 2.63 bits per heavy atom. The van der Waals surface area contributed by atoms with Crippen molar-refractivity contribution in [1.82, 2.24) is 10.2 Å². The minimum absolute atomic E-state index is 0.0230. The molecule has 2 aliphatic rings. The minimum Gasteiger partial charge on any atom is -0.376 e. The van der Waals surface area contributed by atoms with Gasteiger partial charge in [-0.25, -0.2) is 0 Å². The van der Waals surface area contributed by atoms with E-state index >= 15 is 0 Å². The Morgan fingerprint density at radius 1 is 1.37 bits per heavy atom. The molecule has 4 heteroatoms. The smallest absolute Gasteiger partial charge is 0.241 e. The number of rotatable bonds is 5. The molecule has 0 saturated carbocycles. The number of amides is 1. The van der Waals surface area contributed by atoms with Crippen LogP contribution in [-0.4, -0.2) is 42.3 Å². The van der Waals surface area contributed by atoms with E-state index in [0.29, 0.717) is 11.8 Å². The summed E-state index contributed by atoms with van der Waals surface area (Å²) in [5.41, 5.74) is 0. The molecule has 0 aromatic rings. The highest BCUT2D eigenvalue weighted by Gasteiger charge is 2.41. The van der Waals surface area contributed by atoms with E-state index in [2.05, 4.69) is 33.0 Å². The van der Waals surface area contributed by atoms with E-state index in [4.69, 9.17) is 4.74 Å². The highest BCUT2D eigenvalue weighted by Crippen LogP contribution is 2.24. The van der Waals surface area contributed by atoms with Crippen LogP contribution in [0.5, 0.6) is 0 Å². The highest BCUT2D eigenvalue weighted by molar-refractivity contribution is 5.84. The average Bonchev–Trinajstić information content (AvgIpc) is 2.91. The Kier molecular flexibility index (Phi) is 4.85. The van der Waals surface area contributed by atoms with Crippen LogP contribution in [0.25, 0.3) is 0 Å². The van der Waals surface area contributed by atoms with Gasteiger partial charge in [0.1, 0.15) is 0 Å². The van der Waals surface area contributed by atoms with Crippen LogP contribution < -0.4 is 5.32 Å². The molecular weight excluding hydrogens is 240 g/mol. The van der Waals surface area contributed by atoms with E-state index in [1.807, 2.05) is 4.90 Å². The molecule has 1 N–H and O–H groups in total. The van der Waals surface area contributed by atoms with Gasteiger partial charge in [0.2, 0.25) is 5.91 Å². The van der Waals surface area contributed by atoms with Crippen molar-refractivity contribution < 1.29 is 9.53 Å². The van der Waals surface area contributed by atoms with E-state index in [9.17, 15) is 4.79 Å². The molecule has 2 rings (SSSR count). The third kappa shape index (κ3) is 3.48. The molecule has 4 nitrogen and oxygen atoms in total. The maximum atomic E-state index is 12.5. The van der Waals surface area contributed by atoms with Crippen molar-refractivity contribution in [3.05, 3.63) is 0 Å². The SMILES string of the molecule is CC(C)CC1NC(C(C)C)C(=O)N1CC1CCCO1. The second-order valence-electron chi connectivity index (χ2n) is 6.66. The lowest BCUT2D eigenvalue weighted by Crippen LogP contribution is -2.42. The fourth-order valence-electron chi connectivity index (χ4n) is 3.05. The van der Waals surface area contributed by atoms with Crippen molar-refractivity contribution in [3.63, 3.8) is 0 Å². The van der Waals surface area contributed by atoms with Gasteiger partial charge in [-0.15, -0.1) is 0 Å². The summed E-state index contributed by atoms with van der Waals surface area (Å²) in [6.45, 7) is 10.2. The number of carbonyl (C=O) groups excluding carboxylic acids is 1. The van der Waals surface area contributed by atoms with Crippen molar-refractivity contribution in [3.8, 4) is 0 Å². The van der Waals surface area contributed by atoms with Crippen LogP contribution in [0, 0.1) is 11.8 Å². The van der Waals surface area contributed by atoms with E-state index in [-0.39, 0.29) is 24.2 Å². The number of hydrogen-bond acceptors (Lipinski definition) is 3. The van der Waals surface area contributed by atoms with E-state index in [1.165, 1.54) is 0 Å². The zero-order valence-corrected chi connectivity index (χ0v) is 12.7. The van der Waals surface area contributed by atoms with Gasteiger partial charge < -0.3 is 9.64 Å². The van der Waals surface area contributed by atoms with Gasteiger partial charge in [-0.1, -0.05) is 27.7 Å². The first kappa shape index (κ1) is 14.8. The monoisotopic (exact) mass is 268 g/mol. The fraction of sp³-hybridized carbons (Fsp3) is 0.933. The van der Waals surface area contributed by atoms with Gasteiger partial charge in [0.25, 0.3) is 0 Å². The Bertz CT molecular complexity index is 311. The summed E-state index contributed by atoms with van der Waals surface area (Å²) in [5, 5.41) is 3.52. The summed E-state index contributed by atoms with van der Waals surface area (Å²) >= 11 is 0. The molecular formula is C15H28N2O2. The maximum Gasteiger partial charge on any atom is 0.241 e. The molecule has 0 bridgehead atoms. The van der Waals surface area contributed by atoms with Gasteiger partial charge in [0, 0.05) is 13.2 Å². The van der Waals surface area contributed by atoms with Crippen molar-refractivity contribution >= 4 is 5.91 Å². The van der Waals surface area contributed by atoms with E-state index in [0.717, 1.165) is 32.4 Å².